The monoisotopic (exact) mass is 506 g/mol. The smallest absolute Gasteiger partial charge is 0.276 e. The van der Waals surface area contributed by atoms with E-state index in [1.807, 2.05) is 67.6 Å². The largest absolute Gasteiger partial charge is 0.493 e. The fourth-order valence-corrected chi connectivity index (χ4v) is 4.86. The number of amidine groups is 1. The van der Waals surface area contributed by atoms with Crippen molar-refractivity contribution in [1.29, 1.82) is 0 Å². The van der Waals surface area contributed by atoms with Crippen molar-refractivity contribution in [2.45, 2.75) is 19.7 Å². The SMILES string of the molecule is CCSC1=NN2C(=c3ccccc3=NC2c2cc(Cl)c(OCc3ccccc3)c(OC)c2)C(=O)N1. The molecule has 1 atom stereocenters. The molecule has 5 rings (SSSR count). The first kappa shape index (κ1) is 23.3. The molecule has 0 aromatic heterocycles. The lowest BCUT2D eigenvalue weighted by atomic mass is 10.1. The van der Waals surface area contributed by atoms with Crippen LogP contribution in [0.5, 0.6) is 11.5 Å². The number of methoxy groups -OCH3 is 1. The van der Waals surface area contributed by atoms with Gasteiger partial charge in [-0.05, 0) is 29.5 Å². The summed E-state index contributed by atoms with van der Waals surface area (Å²) in [6.07, 6.45) is -0.604. The van der Waals surface area contributed by atoms with Crippen molar-refractivity contribution in [2.75, 3.05) is 12.9 Å². The number of para-hydroxylation sites is 1. The van der Waals surface area contributed by atoms with Crippen LogP contribution in [-0.2, 0) is 11.4 Å². The molecule has 178 valence electrons. The van der Waals surface area contributed by atoms with E-state index in [4.69, 9.17) is 31.2 Å². The van der Waals surface area contributed by atoms with E-state index in [1.165, 1.54) is 11.8 Å². The number of hydrazone groups is 1. The first-order chi connectivity index (χ1) is 17.1. The molecule has 1 amide bonds. The molecule has 35 heavy (non-hydrogen) atoms. The Morgan fingerprint density at radius 1 is 1.11 bits per heavy atom. The number of halogens is 1. The van der Waals surface area contributed by atoms with Gasteiger partial charge in [0.2, 0.25) is 0 Å². The van der Waals surface area contributed by atoms with Crippen molar-refractivity contribution in [3.8, 4) is 11.5 Å². The summed E-state index contributed by atoms with van der Waals surface area (Å²) in [4.78, 5) is 18.0. The Morgan fingerprint density at radius 3 is 2.66 bits per heavy atom. The van der Waals surface area contributed by atoms with E-state index in [1.54, 1.807) is 18.2 Å². The van der Waals surface area contributed by atoms with Gasteiger partial charge >= 0.3 is 0 Å². The molecule has 9 heteroatoms. The Hall–Kier alpha value is -3.49. The van der Waals surface area contributed by atoms with Crippen molar-refractivity contribution < 1.29 is 14.3 Å². The zero-order valence-electron chi connectivity index (χ0n) is 19.2. The van der Waals surface area contributed by atoms with E-state index >= 15 is 0 Å². The second kappa shape index (κ2) is 10.0. The first-order valence-corrected chi connectivity index (χ1v) is 12.5. The van der Waals surface area contributed by atoms with Crippen molar-refractivity contribution in [3.05, 3.63) is 93.5 Å². The van der Waals surface area contributed by atoms with Crippen molar-refractivity contribution in [1.82, 2.24) is 10.3 Å². The average Bonchev–Trinajstić information content (AvgIpc) is 2.87. The van der Waals surface area contributed by atoms with Gasteiger partial charge in [-0.3, -0.25) is 15.1 Å². The number of thioether (sulfide) groups is 1. The van der Waals surface area contributed by atoms with Gasteiger partial charge < -0.3 is 9.47 Å². The lowest BCUT2D eigenvalue weighted by Gasteiger charge is -2.34. The molecule has 0 saturated carbocycles. The van der Waals surface area contributed by atoms with Crippen LogP contribution in [0.2, 0.25) is 5.02 Å². The minimum absolute atomic E-state index is 0.218. The van der Waals surface area contributed by atoms with Crippen LogP contribution in [0.15, 0.2) is 76.8 Å². The zero-order valence-corrected chi connectivity index (χ0v) is 20.8. The highest BCUT2D eigenvalue weighted by Crippen LogP contribution is 2.41. The van der Waals surface area contributed by atoms with Crippen LogP contribution in [-0.4, -0.2) is 28.9 Å². The lowest BCUT2D eigenvalue weighted by Crippen LogP contribution is -2.50. The minimum atomic E-state index is -0.604. The van der Waals surface area contributed by atoms with Gasteiger partial charge in [-0.1, -0.05) is 78.8 Å². The maximum atomic E-state index is 13.1. The molecule has 0 radical (unpaired) electrons. The van der Waals surface area contributed by atoms with Gasteiger partial charge in [-0.25, -0.2) is 5.01 Å². The van der Waals surface area contributed by atoms with Gasteiger partial charge in [0.25, 0.3) is 5.91 Å². The highest BCUT2D eigenvalue weighted by atomic mass is 35.5. The number of nitrogens with zero attached hydrogens (tertiary/aromatic N) is 3. The Bertz CT molecular complexity index is 1430. The quantitative estimate of drug-likeness (QED) is 0.550. The van der Waals surface area contributed by atoms with Gasteiger partial charge in [0.1, 0.15) is 12.3 Å². The molecule has 2 aliphatic rings. The summed E-state index contributed by atoms with van der Waals surface area (Å²) < 4.78 is 11.7. The second-order valence-corrected chi connectivity index (χ2v) is 9.47. The predicted molar refractivity (Wildman–Crippen MR) is 138 cm³/mol. The van der Waals surface area contributed by atoms with E-state index in [2.05, 4.69) is 5.32 Å². The molecule has 3 aromatic rings. The number of carbonyl (C=O) groups is 1. The van der Waals surface area contributed by atoms with Crippen LogP contribution in [0.4, 0.5) is 0 Å². The van der Waals surface area contributed by atoms with Gasteiger partial charge in [0.15, 0.2) is 22.8 Å². The first-order valence-electron chi connectivity index (χ1n) is 11.1. The van der Waals surface area contributed by atoms with Gasteiger partial charge in [-0.15, -0.1) is 5.10 Å². The van der Waals surface area contributed by atoms with Crippen LogP contribution in [0.1, 0.15) is 24.2 Å². The number of hydrogen-bond donors (Lipinski definition) is 1. The number of hydrogen-bond acceptors (Lipinski definition) is 7. The van der Waals surface area contributed by atoms with E-state index in [-0.39, 0.29) is 5.91 Å². The molecule has 3 aromatic carbocycles. The highest BCUT2D eigenvalue weighted by Gasteiger charge is 2.35. The molecule has 2 aliphatic heterocycles. The van der Waals surface area contributed by atoms with Gasteiger partial charge in [0, 0.05) is 10.8 Å². The summed E-state index contributed by atoms with van der Waals surface area (Å²) in [5, 5.41) is 11.6. The molecule has 0 bridgehead atoms. The normalized spacial score (nSPS) is 16.5. The third-order valence-electron chi connectivity index (χ3n) is 5.57. The molecule has 7 nitrogen and oxygen atoms in total. The molecule has 0 spiro atoms. The number of fused-ring (bicyclic) bond motifs is 2. The third kappa shape index (κ3) is 4.59. The Labute approximate surface area is 212 Å². The Kier molecular flexibility index (Phi) is 6.66. The number of rotatable bonds is 6. The van der Waals surface area contributed by atoms with Crippen LogP contribution < -0.4 is 25.4 Å². The molecule has 0 fully saturated rings. The molecule has 1 unspecified atom stereocenters. The number of benzene rings is 3. The average molecular weight is 507 g/mol. The van der Waals surface area contributed by atoms with E-state index < -0.39 is 6.17 Å². The van der Waals surface area contributed by atoms with Crippen LogP contribution in [0.25, 0.3) is 5.70 Å². The van der Waals surface area contributed by atoms with Crippen LogP contribution >= 0.6 is 23.4 Å². The number of nitrogens with one attached hydrogen (secondary N) is 1. The standard InChI is InChI=1S/C26H23ClN4O3S/c1-3-35-26-29-25(32)22-18-11-7-8-12-20(18)28-24(31(22)30-26)17-13-19(27)23(21(14-17)33-2)34-15-16-9-5-4-6-10-16/h4-14,24H,3,15H2,1-2H3,(H,29,30,32). The number of ether oxygens (including phenoxy) is 2. The number of carbonyl (C=O) groups excluding carboxylic acids is 1. The van der Waals surface area contributed by atoms with Gasteiger partial charge in [0.05, 0.1) is 17.5 Å². The van der Waals surface area contributed by atoms with E-state index in [0.717, 1.165) is 22.1 Å². The predicted octanol–water partition coefficient (Wildman–Crippen LogP) is 3.82. The van der Waals surface area contributed by atoms with Crippen molar-refractivity contribution in [2.24, 2.45) is 10.1 Å². The van der Waals surface area contributed by atoms with Crippen molar-refractivity contribution >= 4 is 40.1 Å². The summed E-state index contributed by atoms with van der Waals surface area (Å²) >= 11 is 8.15. The summed E-state index contributed by atoms with van der Waals surface area (Å²) in [5.41, 5.74) is 2.19. The zero-order chi connectivity index (χ0) is 24.4. The minimum Gasteiger partial charge on any atom is -0.493 e. The second-order valence-electron chi connectivity index (χ2n) is 7.81. The molecular formula is C26H23ClN4O3S. The lowest BCUT2D eigenvalue weighted by molar-refractivity contribution is -0.116. The summed E-state index contributed by atoms with van der Waals surface area (Å²) in [5.74, 6) is 1.48. The van der Waals surface area contributed by atoms with E-state index in [9.17, 15) is 4.79 Å². The fraction of sp³-hybridized carbons (Fsp3) is 0.192. The molecular weight excluding hydrogens is 484 g/mol. The summed E-state index contributed by atoms with van der Waals surface area (Å²) in [7, 11) is 1.57. The van der Waals surface area contributed by atoms with Crippen LogP contribution in [0.3, 0.4) is 0 Å². The summed E-state index contributed by atoms with van der Waals surface area (Å²) in [6.45, 7) is 2.36. The third-order valence-corrected chi connectivity index (χ3v) is 6.60. The van der Waals surface area contributed by atoms with Gasteiger partial charge in [-0.2, -0.15) is 0 Å². The van der Waals surface area contributed by atoms with Crippen molar-refractivity contribution in [3.63, 3.8) is 0 Å². The molecule has 2 heterocycles. The topological polar surface area (TPSA) is 75.5 Å². The maximum Gasteiger partial charge on any atom is 0.276 e. The van der Waals surface area contributed by atoms with E-state index in [0.29, 0.717) is 39.4 Å². The molecule has 1 N–H and O–H groups in total. The Balaban J connectivity index is 1.58. The fourth-order valence-electron chi connectivity index (χ4n) is 4.00. The molecule has 0 saturated heterocycles. The van der Waals surface area contributed by atoms with Crippen LogP contribution in [0, 0.1) is 0 Å². The maximum absolute atomic E-state index is 13.1. The summed E-state index contributed by atoms with van der Waals surface area (Å²) in [6, 6.07) is 21.0. The number of amides is 1. The highest BCUT2D eigenvalue weighted by molar-refractivity contribution is 8.13. The Morgan fingerprint density at radius 2 is 1.89 bits per heavy atom. The molecule has 0 aliphatic carbocycles.